The Hall–Kier alpha value is -5.15. The Morgan fingerprint density at radius 1 is 0.500 bits per heavy atom. The summed E-state index contributed by atoms with van der Waals surface area (Å²) in [6.45, 7) is 0. The molecule has 0 saturated carbocycles. The molecule has 0 unspecified atom stereocenters. The molecule has 2 aliphatic heterocycles. The minimum absolute atomic E-state index is 0.592. The lowest BCUT2D eigenvalue weighted by molar-refractivity contribution is 0.621. The zero-order valence-corrected chi connectivity index (χ0v) is 28.5. The van der Waals surface area contributed by atoms with E-state index in [1.165, 1.54) is 10.4 Å². The van der Waals surface area contributed by atoms with Crippen LogP contribution in [0, 0.1) is 0 Å². The molecule has 3 N–H and O–H groups in total. The fourth-order valence-corrected chi connectivity index (χ4v) is 12.7. The Morgan fingerprint density at radius 2 is 0.932 bits per heavy atom. The molecule has 0 atom stereocenters. The van der Waals surface area contributed by atoms with E-state index in [-0.39, 0.29) is 0 Å². The van der Waals surface area contributed by atoms with Gasteiger partial charge >= 0.3 is 0 Å². The topological polar surface area (TPSA) is 129 Å². The number of aromatic nitrogens is 8. The number of H-pyrrole nitrogens is 2. The highest BCUT2D eigenvalue weighted by molar-refractivity contribution is 7.05. The highest BCUT2D eigenvalue weighted by Crippen LogP contribution is 2.36. The predicted molar refractivity (Wildman–Crippen MR) is 185 cm³/mol. The Balaban J connectivity index is 1.50. The third-order valence-electron chi connectivity index (χ3n) is 8.47. The van der Waals surface area contributed by atoms with Crippen LogP contribution in [0.2, 0.25) is 0 Å². The van der Waals surface area contributed by atoms with Gasteiger partial charge in [-0.15, -0.1) is 0 Å². The number of rotatable bonds is 2. The Morgan fingerprint density at radius 3 is 1.43 bits per heavy atom. The summed E-state index contributed by atoms with van der Waals surface area (Å²) < 4.78 is 0. The van der Waals surface area contributed by atoms with Crippen LogP contribution in [0.15, 0.2) is 84.9 Å². The predicted octanol–water partition coefficient (Wildman–Crippen LogP) is 1.65. The first-order chi connectivity index (χ1) is 21.7. The molecule has 12 heteroatoms. The monoisotopic (exact) mass is 620 g/mol. The Labute approximate surface area is 257 Å². The second-order valence-electron chi connectivity index (χ2n) is 11.0. The summed E-state index contributed by atoms with van der Waals surface area (Å²) in [5, 5.41) is 6.53. The highest BCUT2D eigenvalue weighted by atomic mass is 29.2. The van der Waals surface area contributed by atoms with Crippen molar-refractivity contribution in [3.05, 3.63) is 84.9 Å². The summed E-state index contributed by atoms with van der Waals surface area (Å²) in [6, 6.07) is 28.5. The van der Waals surface area contributed by atoms with E-state index in [9.17, 15) is 4.80 Å². The van der Waals surface area contributed by atoms with E-state index in [1.807, 2.05) is 72.8 Å². The standard InChI is InChI=1S/C32H24N8OSi3/c41-44-43-22-14-13-21-23(24(22)42)32-39-30-20-12-6-5-11-19(20)28(37-30)35-26-16-8-2-1-7-15(16)25(33-26)34-27-17-9-3-4-10-18(17)29(36-27)38-31(21)40-32/h1-14,41H,43-44H2,42H3,(H2,33,34,35,36,37,38,39,40). The van der Waals surface area contributed by atoms with Crippen LogP contribution in [0.4, 0.5) is 0 Å². The van der Waals surface area contributed by atoms with Crippen molar-refractivity contribution in [3.8, 4) is 45.6 Å². The second kappa shape index (κ2) is 9.68. The molecule has 4 aromatic carbocycles. The number of hydrogen-bond donors (Lipinski definition) is 3. The molecule has 210 valence electrons. The molecule has 9 rings (SSSR count). The van der Waals surface area contributed by atoms with Gasteiger partial charge in [0.15, 0.2) is 23.3 Å². The molecular formula is C32H24N8OSi3. The molecular weight excluding hydrogens is 597 g/mol. The zero-order chi connectivity index (χ0) is 29.4. The molecule has 9 nitrogen and oxygen atoms in total. The number of fused-ring (bicyclic) bond motifs is 20. The molecule has 0 saturated heterocycles. The summed E-state index contributed by atoms with van der Waals surface area (Å²) in [5.41, 5.74) is 6.47. The molecule has 0 fully saturated rings. The Bertz CT molecular complexity index is 2500. The largest absolute Gasteiger partial charge is 0.442 e. The highest BCUT2D eigenvalue weighted by Gasteiger charge is 2.22. The average Bonchev–Trinajstić information content (AvgIpc) is 3.78. The summed E-state index contributed by atoms with van der Waals surface area (Å²) in [7, 11) is -0.854. The van der Waals surface area contributed by atoms with Gasteiger partial charge in [0, 0.05) is 54.0 Å². The van der Waals surface area contributed by atoms with Gasteiger partial charge in [-0.1, -0.05) is 95.3 Å². The van der Waals surface area contributed by atoms with Crippen LogP contribution in [0.25, 0.3) is 89.7 Å². The number of nitrogens with one attached hydrogen (secondary N) is 2. The molecule has 44 heavy (non-hydrogen) atoms. The van der Waals surface area contributed by atoms with Gasteiger partial charge in [-0.05, 0) is 0 Å². The van der Waals surface area contributed by atoms with Crippen LogP contribution in [0.5, 0.6) is 0 Å². The first kappa shape index (κ1) is 25.4. The van der Waals surface area contributed by atoms with Crippen molar-refractivity contribution >= 4 is 83.1 Å². The third-order valence-corrected chi connectivity index (χ3v) is 14.1. The molecule has 5 heterocycles. The van der Waals surface area contributed by atoms with Crippen LogP contribution in [0.1, 0.15) is 0 Å². The second-order valence-corrected chi connectivity index (χ2v) is 16.5. The van der Waals surface area contributed by atoms with Crippen molar-refractivity contribution in [1.82, 2.24) is 39.9 Å². The van der Waals surface area contributed by atoms with Crippen molar-refractivity contribution in [2.45, 2.75) is 0 Å². The molecule has 8 bridgehead atoms. The summed E-state index contributed by atoms with van der Waals surface area (Å²) in [4.78, 5) is 47.3. The fourth-order valence-electron chi connectivity index (χ4n) is 6.33. The molecule has 0 amide bonds. The molecule has 0 spiro atoms. The minimum atomic E-state index is -1.01. The summed E-state index contributed by atoms with van der Waals surface area (Å²) in [5.74, 6) is 2.38. The quantitative estimate of drug-likeness (QED) is 0.251. The minimum Gasteiger partial charge on any atom is -0.442 e. The molecule has 7 aromatic rings. The molecule has 0 aliphatic carbocycles. The van der Waals surface area contributed by atoms with Crippen LogP contribution < -0.4 is 10.4 Å². The molecule has 0 radical (unpaired) electrons. The maximum Gasteiger partial charge on any atom is 0.164 e. The van der Waals surface area contributed by atoms with Crippen LogP contribution in [-0.2, 0) is 0 Å². The van der Waals surface area contributed by atoms with Crippen molar-refractivity contribution < 1.29 is 4.80 Å². The van der Waals surface area contributed by atoms with Gasteiger partial charge in [-0.3, -0.25) is 0 Å². The Kier molecular flexibility index (Phi) is 5.58. The van der Waals surface area contributed by atoms with Crippen LogP contribution in [-0.4, -0.2) is 73.2 Å². The molecule has 3 aromatic heterocycles. The molecule has 2 aliphatic rings. The lowest BCUT2D eigenvalue weighted by Gasteiger charge is -2.05. The van der Waals surface area contributed by atoms with E-state index < -0.39 is 18.3 Å². The zero-order valence-electron chi connectivity index (χ0n) is 23.6. The van der Waals surface area contributed by atoms with E-state index in [0.29, 0.717) is 40.2 Å². The van der Waals surface area contributed by atoms with E-state index in [1.54, 1.807) is 0 Å². The van der Waals surface area contributed by atoms with Gasteiger partial charge in [-0.25, -0.2) is 29.9 Å². The van der Waals surface area contributed by atoms with Gasteiger partial charge in [-0.2, -0.15) is 0 Å². The number of benzene rings is 4. The fraction of sp³-hybridized carbons (Fsp3) is 0. The lowest BCUT2D eigenvalue weighted by atomic mass is 10.1. The van der Waals surface area contributed by atoms with E-state index in [4.69, 9.17) is 29.9 Å². The van der Waals surface area contributed by atoms with E-state index >= 15 is 0 Å². The van der Waals surface area contributed by atoms with Gasteiger partial charge in [0.05, 0.1) is 9.04 Å². The average molecular weight is 621 g/mol. The smallest absolute Gasteiger partial charge is 0.164 e. The van der Waals surface area contributed by atoms with Gasteiger partial charge in [0.2, 0.25) is 0 Å². The summed E-state index contributed by atoms with van der Waals surface area (Å²) >= 11 is 0. The van der Waals surface area contributed by atoms with Crippen LogP contribution >= 0.6 is 0 Å². The van der Waals surface area contributed by atoms with Crippen molar-refractivity contribution in [2.24, 2.45) is 0 Å². The maximum atomic E-state index is 9.95. The number of hydrogen-bond acceptors (Lipinski definition) is 7. The summed E-state index contributed by atoms with van der Waals surface area (Å²) in [6.07, 6.45) is 0. The number of nitrogens with zero attached hydrogens (tertiary/aromatic N) is 6. The van der Waals surface area contributed by atoms with Gasteiger partial charge < -0.3 is 14.8 Å². The van der Waals surface area contributed by atoms with E-state index in [0.717, 1.165) is 59.7 Å². The first-order valence-corrected chi connectivity index (χ1v) is 20.8. The van der Waals surface area contributed by atoms with Crippen molar-refractivity contribution in [3.63, 3.8) is 0 Å². The van der Waals surface area contributed by atoms with Gasteiger partial charge in [0.25, 0.3) is 0 Å². The first-order valence-electron chi connectivity index (χ1n) is 14.5. The van der Waals surface area contributed by atoms with Crippen molar-refractivity contribution in [2.75, 3.05) is 0 Å². The number of aromatic amines is 2. The van der Waals surface area contributed by atoms with Gasteiger partial charge in [0.1, 0.15) is 31.9 Å². The normalized spacial score (nSPS) is 12.7. The SMILES string of the molecule is O[SiH2][SiH2]c1ccc2c3nc4nc(nc5[nH]c(nc6nc(nc([nH]3)c2c1[SiH3])-c1ccccc1-6)c1ccccc51)-c1ccccc1-4. The third kappa shape index (κ3) is 3.79. The van der Waals surface area contributed by atoms with Crippen LogP contribution in [0.3, 0.4) is 0 Å². The lowest BCUT2D eigenvalue weighted by Crippen LogP contribution is -2.34. The maximum absolute atomic E-state index is 9.95. The van der Waals surface area contributed by atoms with E-state index in [2.05, 4.69) is 22.1 Å². The van der Waals surface area contributed by atoms with Crippen molar-refractivity contribution in [1.29, 1.82) is 0 Å².